The van der Waals surface area contributed by atoms with Crippen molar-refractivity contribution in [2.45, 2.75) is 6.42 Å². The van der Waals surface area contributed by atoms with Crippen LogP contribution in [0.2, 0.25) is 5.02 Å². The molecule has 0 spiro atoms. The topological polar surface area (TPSA) is 41.3 Å². The zero-order chi connectivity index (χ0) is 11.5. The van der Waals surface area contributed by atoms with Gasteiger partial charge in [-0.1, -0.05) is 11.6 Å². The fourth-order valence-corrected chi connectivity index (χ4v) is 2.30. The van der Waals surface area contributed by atoms with Gasteiger partial charge in [-0.25, -0.2) is 0 Å². The summed E-state index contributed by atoms with van der Waals surface area (Å²) < 4.78 is 0. The molecule has 0 bridgehead atoms. The van der Waals surface area contributed by atoms with Crippen LogP contribution in [0.15, 0.2) is 18.2 Å². The number of hydrogen-bond acceptors (Lipinski definition) is 3. The first kappa shape index (κ1) is 11.6. The first-order valence-corrected chi connectivity index (χ1v) is 6.00. The van der Waals surface area contributed by atoms with Gasteiger partial charge in [0.05, 0.1) is 11.4 Å². The van der Waals surface area contributed by atoms with Crippen molar-refractivity contribution in [3.05, 3.63) is 23.2 Å². The lowest BCUT2D eigenvalue weighted by atomic mass is 10.1. The minimum Gasteiger partial charge on any atom is -0.397 e. The number of halogens is 1. The molecule has 0 radical (unpaired) electrons. The molecule has 1 saturated heterocycles. The Morgan fingerprint density at radius 1 is 1.56 bits per heavy atom. The fourth-order valence-electron chi connectivity index (χ4n) is 2.13. The zero-order valence-corrected chi connectivity index (χ0v) is 10.3. The smallest absolute Gasteiger partial charge is 0.0588 e. The molecule has 0 aromatic heterocycles. The van der Waals surface area contributed by atoms with Crippen molar-refractivity contribution in [2.24, 2.45) is 5.92 Å². The van der Waals surface area contributed by atoms with Crippen LogP contribution in [0.4, 0.5) is 11.4 Å². The van der Waals surface area contributed by atoms with Crippen LogP contribution in [0, 0.1) is 5.92 Å². The Labute approximate surface area is 102 Å². The van der Waals surface area contributed by atoms with E-state index in [2.05, 4.69) is 17.3 Å². The molecule has 16 heavy (non-hydrogen) atoms. The van der Waals surface area contributed by atoms with Gasteiger partial charge in [-0.3, -0.25) is 0 Å². The largest absolute Gasteiger partial charge is 0.397 e. The summed E-state index contributed by atoms with van der Waals surface area (Å²) in [6.45, 7) is 3.32. The van der Waals surface area contributed by atoms with Crippen LogP contribution in [-0.4, -0.2) is 31.6 Å². The van der Waals surface area contributed by atoms with Gasteiger partial charge < -0.3 is 16.0 Å². The van der Waals surface area contributed by atoms with Gasteiger partial charge in [0.2, 0.25) is 0 Å². The molecule has 1 aromatic rings. The molecule has 0 aliphatic carbocycles. The van der Waals surface area contributed by atoms with E-state index in [1.165, 1.54) is 13.0 Å². The van der Waals surface area contributed by atoms with Gasteiger partial charge in [-0.2, -0.15) is 0 Å². The molecule has 1 fully saturated rings. The summed E-state index contributed by atoms with van der Waals surface area (Å²) in [4.78, 5) is 2.35. The molecular weight excluding hydrogens is 222 g/mol. The molecule has 1 atom stereocenters. The molecule has 3 nitrogen and oxygen atoms in total. The number of benzene rings is 1. The standard InChI is InChI=1S/C12H18ClN3/c1-16-5-4-9(8-16)7-15-12-6-10(13)2-3-11(12)14/h2-3,6,9,15H,4-5,7-8,14H2,1H3. The van der Waals surface area contributed by atoms with Gasteiger partial charge in [0.15, 0.2) is 0 Å². The highest BCUT2D eigenvalue weighted by Crippen LogP contribution is 2.24. The second kappa shape index (κ2) is 4.93. The van der Waals surface area contributed by atoms with E-state index in [0.717, 1.165) is 29.5 Å². The van der Waals surface area contributed by atoms with Crippen molar-refractivity contribution >= 4 is 23.0 Å². The van der Waals surface area contributed by atoms with Crippen LogP contribution < -0.4 is 11.1 Å². The van der Waals surface area contributed by atoms with E-state index >= 15 is 0 Å². The molecule has 0 amide bonds. The fraction of sp³-hybridized carbons (Fsp3) is 0.500. The van der Waals surface area contributed by atoms with Gasteiger partial charge in [-0.05, 0) is 44.1 Å². The van der Waals surface area contributed by atoms with E-state index in [0.29, 0.717) is 5.92 Å². The molecule has 1 aromatic carbocycles. The van der Waals surface area contributed by atoms with Crippen molar-refractivity contribution in [3.8, 4) is 0 Å². The van der Waals surface area contributed by atoms with Gasteiger partial charge in [0, 0.05) is 18.1 Å². The van der Waals surface area contributed by atoms with Crippen molar-refractivity contribution in [3.63, 3.8) is 0 Å². The van der Waals surface area contributed by atoms with Crippen molar-refractivity contribution < 1.29 is 0 Å². The third kappa shape index (κ3) is 2.80. The number of anilines is 2. The number of hydrogen-bond donors (Lipinski definition) is 2. The number of nitrogens with two attached hydrogens (primary N) is 1. The summed E-state index contributed by atoms with van der Waals surface area (Å²) in [5, 5.41) is 4.10. The van der Waals surface area contributed by atoms with Crippen LogP contribution in [0.25, 0.3) is 0 Å². The van der Waals surface area contributed by atoms with E-state index < -0.39 is 0 Å². The quantitative estimate of drug-likeness (QED) is 0.796. The number of nitrogens with one attached hydrogen (secondary N) is 1. The monoisotopic (exact) mass is 239 g/mol. The van der Waals surface area contributed by atoms with Crippen molar-refractivity contribution in [1.82, 2.24) is 4.90 Å². The maximum Gasteiger partial charge on any atom is 0.0588 e. The molecule has 2 rings (SSSR count). The van der Waals surface area contributed by atoms with Gasteiger partial charge in [0.1, 0.15) is 0 Å². The molecule has 1 heterocycles. The molecule has 4 heteroatoms. The Kier molecular flexibility index (Phi) is 3.56. The summed E-state index contributed by atoms with van der Waals surface area (Å²) in [6, 6.07) is 5.53. The summed E-state index contributed by atoms with van der Waals surface area (Å²) in [6.07, 6.45) is 1.25. The van der Waals surface area contributed by atoms with Gasteiger partial charge in [-0.15, -0.1) is 0 Å². The highest BCUT2D eigenvalue weighted by Gasteiger charge is 2.19. The van der Waals surface area contributed by atoms with Crippen LogP contribution in [-0.2, 0) is 0 Å². The van der Waals surface area contributed by atoms with Crippen LogP contribution >= 0.6 is 11.6 Å². The Morgan fingerprint density at radius 3 is 3.06 bits per heavy atom. The zero-order valence-electron chi connectivity index (χ0n) is 9.54. The third-order valence-electron chi connectivity index (χ3n) is 3.09. The molecule has 1 unspecified atom stereocenters. The summed E-state index contributed by atoms with van der Waals surface area (Å²) in [5.41, 5.74) is 7.58. The number of likely N-dealkylation sites (tertiary alicyclic amines) is 1. The van der Waals surface area contributed by atoms with E-state index in [1.807, 2.05) is 18.2 Å². The summed E-state index contributed by atoms with van der Waals surface area (Å²) in [7, 11) is 2.16. The molecule has 3 N–H and O–H groups in total. The highest BCUT2D eigenvalue weighted by atomic mass is 35.5. The van der Waals surface area contributed by atoms with E-state index in [4.69, 9.17) is 17.3 Å². The van der Waals surface area contributed by atoms with Crippen LogP contribution in [0.3, 0.4) is 0 Å². The average Bonchev–Trinajstić information content (AvgIpc) is 2.66. The number of rotatable bonds is 3. The lowest BCUT2D eigenvalue weighted by molar-refractivity contribution is 0.399. The average molecular weight is 240 g/mol. The van der Waals surface area contributed by atoms with Gasteiger partial charge >= 0.3 is 0 Å². The van der Waals surface area contributed by atoms with Crippen molar-refractivity contribution in [1.29, 1.82) is 0 Å². The third-order valence-corrected chi connectivity index (χ3v) is 3.32. The first-order valence-electron chi connectivity index (χ1n) is 5.62. The number of nitrogen functional groups attached to an aromatic ring is 1. The predicted molar refractivity (Wildman–Crippen MR) is 70.0 cm³/mol. The molecule has 1 aliphatic rings. The van der Waals surface area contributed by atoms with E-state index in [-0.39, 0.29) is 0 Å². The maximum atomic E-state index is 5.93. The first-order chi connectivity index (χ1) is 7.65. The Hall–Kier alpha value is -0.930. The SMILES string of the molecule is CN1CCC(CNc2cc(Cl)ccc2N)C1. The predicted octanol–water partition coefficient (Wildman–Crippen LogP) is 2.29. The Balaban J connectivity index is 1.91. The lowest BCUT2D eigenvalue weighted by Crippen LogP contribution is -2.19. The number of nitrogens with zero attached hydrogens (tertiary/aromatic N) is 1. The van der Waals surface area contributed by atoms with E-state index in [9.17, 15) is 0 Å². The maximum absolute atomic E-state index is 5.93. The Bertz CT molecular complexity index is 367. The molecule has 1 aliphatic heterocycles. The lowest BCUT2D eigenvalue weighted by Gasteiger charge is -2.14. The van der Waals surface area contributed by atoms with E-state index in [1.54, 1.807) is 0 Å². The second-order valence-corrected chi connectivity index (χ2v) is 4.97. The Morgan fingerprint density at radius 2 is 2.38 bits per heavy atom. The van der Waals surface area contributed by atoms with Crippen LogP contribution in [0.5, 0.6) is 0 Å². The minimum absolute atomic E-state index is 0.711. The van der Waals surface area contributed by atoms with Crippen LogP contribution in [0.1, 0.15) is 6.42 Å². The molecule has 88 valence electrons. The van der Waals surface area contributed by atoms with Crippen molar-refractivity contribution in [2.75, 3.05) is 37.7 Å². The normalized spacial score (nSPS) is 21.2. The molecular formula is C12H18ClN3. The highest BCUT2D eigenvalue weighted by molar-refractivity contribution is 6.31. The summed E-state index contributed by atoms with van der Waals surface area (Å²) >= 11 is 5.93. The molecule has 0 saturated carbocycles. The minimum atomic E-state index is 0.711. The van der Waals surface area contributed by atoms with Gasteiger partial charge in [0.25, 0.3) is 0 Å². The summed E-state index contributed by atoms with van der Waals surface area (Å²) in [5.74, 6) is 0.711. The second-order valence-electron chi connectivity index (χ2n) is 4.53.